The molecule has 10 atom stereocenters. The Kier molecular flexibility index (Phi) is 6.53. The molecule has 0 aliphatic heterocycles. The molecule has 0 unspecified atom stereocenters. The molecule has 0 aromatic heterocycles. The van der Waals surface area contributed by atoms with E-state index >= 15 is 0 Å². The summed E-state index contributed by atoms with van der Waals surface area (Å²) in [5, 5.41) is 10.3. The fourth-order valence-corrected chi connectivity index (χ4v) is 9.42. The van der Waals surface area contributed by atoms with E-state index in [0.717, 1.165) is 60.2 Å². The number of hydrogen-bond acceptors (Lipinski definition) is 1. The molecule has 30 heavy (non-hydrogen) atoms. The summed E-state index contributed by atoms with van der Waals surface area (Å²) < 4.78 is 0. The van der Waals surface area contributed by atoms with Crippen LogP contribution in [0.4, 0.5) is 0 Å². The number of aliphatic hydroxyl groups excluding tert-OH is 1. The van der Waals surface area contributed by atoms with Crippen LogP contribution >= 0.6 is 0 Å². The van der Waals surface area contributed by atoms with Gasteiger partial charge in [-0.2, -0.15) is 0 Å². The van der Waals surface area contributed by atoms with Crippen LogP contribution in [-0.4, -0.2) is 11.2 Å². The highest BCUT2D eigenvalue weighted by atomic mass is 16.3. The van der Waals surface area contributed by atoms with E-state index in [1.165, 1.54) is 51.4 Å². The molecule has 4 aliphatic rings. The maximum absolute atomic E-state index is 10.3. The van der Waals surface area contributed by atoms with Gasteiger partial charge in [0.25, 0.3) is 0 Å². The standard InChI is InChI=1S/C29H50O/c1-7-21(19(2)3)9-8-20(4)25-12-13-26-24-11-10-22-18-23(30)14-16-28(22,5)27(24)15-17-29(25,26)6/h8-9,19-27,30H,7,10-18H2,1-6H3/b9-8+/t20-,21+,22+,23+,24-,25-,26+,27+,28-,29-/m0/s1. The Morgan fingerprint density at radius 3 is 2.27 bits per heavy atom. The van der Waals surface area contributed by atoms with Crippen molar-refractivity contribution in [3.05, 3.63) is 12.2 Å². The fourth-order valence-electron chi connectivity index (χ4n) is 9.42. The molecule has 4 aliphatic carbocycles. The Labute approximate surface area is 187 Å². The number of fused-ring (bicyclic) bond motifs is 5. The predicted molar refractivity (Wildman–Crippen MR) is 128 cm³/mol. The van der Waals surface area contributed by atoms with Gasteiger partial charge in [0.1, 0.15) is 0 Å². The first kappa shape index (κ1) is 22.9. The largest absolute Gasteiger partial charge is 0.393 e. The average molecular weight is 415 g/mol. The molecule has 0 amide bonds. The van der Waals surface area contributed by atoms with Crippen molar-refractivity contribution < 1.29 is 5.11 Å². The van der Waals surface area contributed by atoms with Gasteiger partial charge < -0.3 is 5.11 Å². The van der Waals surface area contributed by atoms with Crippen LogP contribution < -0.4 is 0 Å². The number of rotatable bonds is 5. The highest BCUT2D eigenvalue weighted by molar-refractivity contribution is 5.11. The Bertz CT molecular complexity index is 622. The van der Waals surface area contributed by atoms with Gasteiger partial charge in [-0.05, 0) is 122 Å². The summed E-state index contributed by atoms with van der Waals surface area (Å²) in [5.74, 6) is 6.72. The lowest BCUT2D eigenvalue weighted by atomic mass is 9.44. The zero-order valence-electron chi connectivity index (χ0n) is 20.9. The van der Waals surface area contributed by atoms with E-state index in [9.17, 15) is 5.11 Å². The van der Waals surface area contributed by atoms with E-state index in [0.29, 0.717) is 10.8 Å². The van der Waals surface area contributed by atoms with Crippen LogP contribution in [0.5, 0.6) is 0 Å². The molecule has 0 spiro atoms. The monoisotopic (exact) mass is 414 g/mol. The predicted octanol–water partition coefficient (Wildman–Crippen LogP) is 7.88. The highest BCUT2D eigenvalue weighted by Crippen LogP contribution is 2.68. The van der Waals surface area contributed by atoms with E-state index in [1.54, 1.807) is 0 Å². The third-order valence-electron chi connectivity index (χ3n) is 11.3. The summed E-state index contributed by atoms with van der Waals surface area (Å²) in [4.78, 5) is 0. The van der Waals surface area contributed by atoms with Crippen LogP contribution in [-0.2, 0) is 0 Å². The molecule has 1 nitrogen and oxygen atoms in total. The van der Waals surface area contributed by atoms with Crippen molar-refractivity contribution in [3.63, 3.8) is 0 Å². The lowest BCUT2D eigenvalue weighted by Crippen LogP contribution is -2.54. The van der Waals surface area contributed by atoms with Gasteiger partial charge in [-0.1, -0.05) is 53.7 Å². The molecule has 172 valence electrons. The van der Waals surface area contributed by atoms with Crippen molar-refractivity contribution >= 4 is 0 Å². The van der Waals surface area contributed by atoms with Gasteiger partial charge in [0.15, 0.2) is 0 Å². The molecule has 0 bridgehead atoms. The van der Waals surface area contributed by atoms with E-state index in [-0.39, 0.29) is 6.10 Å². The summed E-state index contributed by atoms with van der Waals surface area (Å²) in [6, 6.07) is 0. The summed E-state index contributed by atoms with van der Waals surface area (Å²) in [6.07, 6.45) is 18.5. The van der Waals surface area contributed by atoms with Crippen LogP contribution in [0.1, 0.15) is 106 Å². The average Bonchev–Trinajstić information content (AvgIpc) is 3.06. The number of hydrogen-bond donors (Lipinski definition) is 1. The van der Waals surface area contributed by atoms with Crippen LogP contribution in [0.25, 0.3) is 0 Å². The molecule has 4 fully saturated rings. The van der Waals surface area contributed by atoms with E-state index in [4.69, 9.17) is 0 Å². The normalized spacial score (nSPS) is 48.3. The van der Waals surface area contributed by atoms with Gasteiger partial charge in [-0.15, -0.1) is 0 Å². The Morgan fingerprint density at radius 1 is 0.867 bits per heavy atom. The molecule has 0 saturated heterocycles. The number of aliphatic hydroxyl groups is 1. The van der Waals surface area contributed by atoms with Crippen molar-refractivity contribution in [2.24, 2.45) is 58.2 Å². The second kappa shape index (κ2) is 8.57. The zero-order chi connectivity index (χ0) is 21.7. The van der Waals surface area contributed by atoms with Crippen molar-refractivity contribution in [2.75, 3.05) is 0 Å². The van der Waals surface area contributed by atoms with Crippen LogP contribution in [0.2, 0.25) is 0 Å². The summed E-state index contributed by atoms with van der Waals surface area (Å²) in [7, 11) is 0. The van der Waals surface area contributed by atoms with Crippen LogP contribution in [0.3, 0.4) is 0 Å². The lowest BCUT2D eigenvalue weighted by Gasteiger charge is -2.61. The van der Waals surface area contributed by atoms with Gasteiger partial charge in [0.2, 0.25) is 0 Å². The van der Waals surface area contributed by atoms with Gasteiger partial charge in [-0.25, -0.2) is 0 Å². The molecular formula is C29H50O. The van der Waals surface area contributed by atoms with Crippen LogP contribution in [0.15, 0.2) is 12.2 Å². The molecule has 1 heteroatoms. The van der Waals surface area contributed by atoms with Crippen molar-refractivity contribution in [1.29, 1.82) is 0 Å². The molecule has 4 rings (SSSR count). The first-order valence-electron chi connectivity index (χ1n) is 13.6. The Balaban J connectivity index is 1.49. The quantitative estimate of drug-likeness (QED) is 0.454. The topological polar surface area (TPSA) is 20.2 Å². The van der Waals surface area contributed by atoms with Crippen molar-refractivity contribution in [1.82, 2.24) is 0 Å². The summed E-state index contributed by atoms with van der Waals surface area (Å²) in [6.45, 7) is 14.9. The van der Waals surface area contributed by atoms with Gasteiger partial charge in [0, 0.05) is 0 Å². The molecule has 0 heterocycles. The third kappa shape index (κ3) is 3.74. The second-order valence-electron chi connectivity index (χ2n) is 12.9. The second-order valence-corrected chi connectivity index (χ2v) is 12.9. The molecule has 0 aromatic rings. The minimum Gasteiger partial charge on any atom is -0.393 e. The maximum atomic E-state index is 10.3. The first-order valence-corrected chi connectivity index (χ1v) is 13.6. The molecule has 1 N–H and O–H groups in total. The highest BCUT2D eigenvalue weighted by Gasteiger charge is 2.60. The van der Waals surface area contributed by atoms with E-state index in [1.807, 2.05) is 0 Å². The Hall–Kier alpha value is -0.300. The smallest absolute Gasteiger partial charge is 0.0543 e. The van der Waals surface area contributed by atoms with Gasteiger partial charge in [0.05, 0.1) is 6.10 Å². The third-order valence-corrected chi connectivity index (χ3v) is 11.3. The Morgan fingerprint density at radius 2 is 1.57 bits per heavy atom. The SMILES string of the molecule is CC[C@H](/C=C/[C@H](C)[C@@H]1CC[C@@H]2[C@@H]3CC[C@@H]4C[C@H](O)CC[C@]4(C)[C@@H]3CC[C@]21C)C(C)C. The molecular weight excluding hydrogens is 364 g/mol. The zero-order valence-corrected chi connectivity index (χ0v) is 20.9. The minimum absolute atomic E-state index is 0.0187. The van der Waals surface area contributed by atoms with Gasteiger partial charge in [-0.3, -0.25) is 0 Å². The maximum Gasteiger partial charge on any atom is 0.0543 e. The fraction of sp³-hybridized carbons (Fsp3) is 0.931. The number of allylic oxidation sites excluding steroid dienone is 2. The van der Waals surface area contributed by atoms with E-state index in [2.05, 4.69) is 53.7 Å². The first-order chi connectivity index (χ1) is 14.2. The van der Waals surface area contributed by atoms with Crippen molar-refractivity contribution in [3.8, 4) is 0 Å². The molecule has 4 saturated carbocycles. The molecule has 0 radical (unpaired) electrons. The molecule has 0 aromatic carbocycles. The summed E-state index contributed by atoms with van der Waals surface area (Å²) >= 11 is 0. The van der Waals surface area contributed by atoms with E-state index < -0.39 is 0 Å². The van der Waals surface area contributed by atoms with Crippen LogP contribution in [0, 0.1) is 58.2 Å². The van der Waals surface area contributed by atoms with Gasteiger partial charge >= 0.3 is 0 Å². The van der Waals surface area contributed by atoms with Crippen molar-refractivity contribution in [2.45, 2.75) is 112 Å². The summed E-state index contributed by atoms with van der Waals surface area (Å²) in [5.41, 5.74) is 1.07. The lowest BCUT2D eigenvalue weighted by molar-refractivity contribution is -0.128. The minimum atomic E-state index is -0.0187.